The van der Waals surface area contributed by atoms with Crippen LogP contribution in [0.1, 0.15) is 18.5 Å². The number of carbonyl (C=O) groups is 1. The Bertz CT molecular complexity index is 528. The maximum absolute atomic E-state index is 12.3. The van der Waals surface area contributed by atoms with E-state index in [1.807, 2.05) is 25.8 Å². The number of nitrogens with two attached hydrogens (primary N) is 1. The zero-order valence-electron chi connectivity index (χ0n) is 13.8. The molecule has 4 heterocycles. The van der Waals surface area contributed by atoms with Crippen LogP contribution in [0.3, 0.4) is 0 Å². The van der Waals surface area contributed by atoms with Crippen LogP contribution in [0.25, 0.3) is 0 Å². The second-order valence-corrected chi connectivity index (χ2v) is 6.98. The van der Waals surface area contributed by atoms with Crippen LogP contribution in [0.5, 0.6) is 0 Å². The lowest BCUT2D eigenvalue weighted by Gasteiger charge is -2.46. The van der Waals surface area contributed by atoms with Gasteiger partial charge in [0.1, 0.15) is 18.3 Å². The molecule has 3 saturated heterocycles. The van der Waals surface area contributed by atoms with Crippen molar-refractivity contribution in [3.05, 3.63) is 11.9 Å². The van der Waals surface area contributed by atoms with Gasteiger partial charge in [0.2, 0.25) is 5.91 Å². The third-order valence-electron chi connectivity index (χ3n) is 5.22. The Morgan fingerprint density at radius 2 is 2.36 bits per heavy atom. The summed E-state index contributed by atoms with van der Waals surface area (Å²) in [7, 11) is 5.78. The summed E-state index contributed by atoms with van der Waals surface area (Å²) in [4.78, 5) is 15.6. The average Bonchev–Trinajstić information content (AvgIpc) is 2.94. The minimum absolute atomic E-state index is 0.219. The summed E-state index contributed by atoms with van der Waals surface area (Å²) >= 11 is 0. The summed E-state index contributed by atoms with van der Waals surface area (Å²) in [5.41, 5.74) is 1.04. The fourth-order valence-corrected chi connectivity index (χ4v) is 4.09. The van der Waals surface area contributed by atoms with Gasteiger partial charge in [-0.05, 0) is 5.92 Å². The van der Waals surface area contributed by atoms with Crippen LogP contribution >= 0.6 is 0 Å². The van der Waals surface area contributed by atoms with Crippen LogP contribution in [-0.2, 0) is 17.9 Å². The van der Waals surface area contributed by atoms with Gasteiger partial charge in [-0.15, -0.1) is 5.10 Å². The number of hydrogen-bond donors (Lipinski definition) is 2. The zero-order chi connectivity index (χ0) is 15.7. The molecule has 0 spiro atoms. The Morgan fingerprint density at radius 1 is 1.55 bits per heavy atom. The number of nitrogens with zero attached hydrogens (tertiary/aromatic N) is 4. The third-order valence-corrected chi connectivity index (χ3v) is 5.22. The normalized spacial score (nSPS) is 30.5. The lowest BCUT2D eigenvalue weighted by molar-refractivity contribution is -0.945. The largest absolute Gasteiger partial charge is 0.348 e. The number of fused-ring (bicyclic) bond motifs is 3. The average molecular weight is 308 g/mol. The van der Waals surface area contributed by atoms with Gasteiger partial charge in [0.25, 0.3) is 0 Å². The number of aromatic nitrogens is 3. The minimum Gasteiger partial charge on any atom is -0.348 e. The highest BCUT2D eigenvalue weighted by atomic mass is 16.2. The molecule has 0 saturated carbocycles. The Balaban J connectivity index is 1.62. The van der Waals surface area contributed by atoms with Crippen LogP contribution in [0.4, 0.5) is 0 Å². The van der Waals surface area contributed by atoms with Crippen LogP contribution < -0.4 is 10.2 Å². The SMILES string of the molecule is C[NH2+]Cc1cn(C[C@H]2C[C@H]3CC[NH+]2C[C@@H]3C(=O)N(C)C)nn1. The van der Waals surface area contributed by atoms with E-state index in [1.165, 1.54) is 13.0 Å². The van der Waals surface area contributed by atoms with Crippen molar-refractivity contribution in [1.82, 2.24) is 19.9 Å². The molecule has 3 aliphatic rings. The maximum atomic E-state index is 12.3. The van der Waals surface area contributed by atoms with Gasteiger partial charge < -0.3 is 15.1 Å². The quantitative estimate of drug-likeness (QED) is 0.624. The van der Waals surface area contributed by atoms with Crippen LogP contribution in [-0.4, -0.2) is 66.1 Å². The second-order valence-electron chi connectivity index (χ2n) is 6.98. The molecule has 1 unspecified atom stereocenters. The lowest BCUT2D eigenvalue weighted by atomic mass is 9.75. The summed E-state index contributed by atoms with van der Waals surface area (Å²) in [6, 6.07) is 0.574. The van der Waals surface area contributed by atoms with Crippen molar-refractivity contribution in [2.45, 2.75) is 32.0 Å². The smallest absolute Gasteiger partial charge is 0.231 e. The highest BCUT2D eigenvalue weighted by Crippen LogP contribution is 2.28. The van der Waals surface area contributed by atoms with Crippen molar-refractivity contribution in [2.75, 3.05) is 34.2 Å². The van der Waals surface area contributed by atoms with E-state index in [2.05, 4.69) is 21.8 Å². The first kappa shape index (κ1) is 15.4. The van der Waals surface area contributed by atoms with Crippen molar-refractivity contribution in [3.8, 4) is 0 Å². The first-order valence-electron chi connectivity index (χ1n) is 8.31. The second kappa shape index (κ2) is 6.34. The molecule has 22 heavy (non-hydrogen) atoms. The number of hydrogen-bond acceptors (Lipinski definition) is 3. The number of nitrogens with one attached hydrogen (secondary N) is 1. The zero-order valence-corrected chi connectivity index (χ0v) is 13.8. The topological polar surface area (TPSA) is 72.1 Å². The van der Waals surface area contributed by atoms with Crippen molar-refractivity contribution < 1.29 is 15.0 Å². The third kappa shape index (κ3) is 3.01. The van der Waals surface area contributed by atoms with E-state index in [1.54, 1.807) is 9.80 Å². The fraction of sp³-hybridized carbons (Fsp3) is 0.800. The monoisotopic (exact) mass is 308 g/mol. The fourth-order valence-electron chi connectivity index (χ4n) is 4.09. The van der Waals surface area contributed by atoms with E-state index in [0.717, 1.165) is 31.7 Å². The highest BCUT2D eigenvalue weighted by Gasteiger charge is 2.46. The van der Waals surface area contributed by atoms with Crippen LogP contribution in [0.2, 0.25) is 0 Å². The number of quaternary nitrogens is 2. The number of carbonyl (C=O) groups excluding carboxylic acids is 1. The molecule has 1 amide bonds. The summed E-state index contributed by atoms with van der Waals surface area (Å²) in [5.74, 6) is 1.07. The summed E-state index contributed by atoms with van der Waals surface area (Å²) in [5, 5.41) is 10.6. The highest BCUT2D eigenvalue weighted by molar-refractivity contribution is 5.78. The Labute approximate surface area is 131 Å². The van der Waals surface area contributed by atoms with Gasteiger partial charge in [0, 0.05) is 26.9 Å². The van der Waals surface area contributed by atoms with Crippen LogP contribution in [0.15, 0.2) is 6.20 Å². The van der Waals surface area contributed by atoms with E-state index < -0.39 is 0 Å². The first-order valence-corrected chi connectivity index (χ1v) is 8.31. The van der Waals surface area contributed by atoms with E-state index >= 15 is 0 Å². The van der Waals surface area contributed by atoms with E-state index in [0.29, 0.717) is 17.9 Å². The molecule has 7 heteroatoms. The van der Waals surface area contributed by atoms with Gasteiger partial charge >= 0.3 is 0 Å². The molecule has 122 valence electrons. The van der Waals surface area contributed by atoms with Crippen molar-refractivity contribution >= 4 is 5.91 Å². The van der Waals surface area contributed by atoms with Gasteiger partial charge in [-0.3, -0.25) is 4.79 Å². The molecule has 4 atom stereocenters. The molecular formula is C15H28N6O+2. The minimum atomic E-state index is 0.219. The molecule has 1 aromatic rings. The number of rotatable bonds is 5. The van der Waals surface area contributed by atoms with Gasteiger partial charge in [-0.25, -0.2) is 4.68 Å². The molecule has 0 radical (unpaired) electrons. The maximum Gasteiger partial charge on any atom is 0.231 e. The molecule has 3 N–H and O–H groups in total. The lowest BCUT2D eigenvalue weighted by Crippen LogP contribution is -3.20. The predicted molar refractivity (Wildman–Crippen MR) is 81.0 cm³/mol. The van der Waals surface area contributed by atoms with Crippen molar-refractivity contribution in [2.24, 2.45) is 11.8 Å². The summed E-state index contributed by atoms with van der Waals surface area (Å²) in [6.45, 7) is 3.97. The predicted octanol–water partition coefficient (Wildman–Crippen LogP) is -2.65. The molecule has 4 rings (SSSR count). The molecule has 0 aliphatic carbocycles. The van der Waals surface area contributed by atoms with Gasteiger partial charge in [0.15, 0.2) is 0 Å². The Hall–Kier alpha value is -1.47. The van der Waals surface area contributed by atoms with Gasteiger partial charge in [0.05, 0.1) is 38.8 Å². The molecule has 3 aliphatic heterocycles. The van der Waals surface area contributed by atoms with E-state index in [4.69, 9.17) is 0 Å². The van der Waals surface area contributed by atoms with Crippen LogP contribution in [0, 0.1) is 11.8 Å². The standard InChI is InChI=1S/C15H26N6O/c1-16-7-12-8-21(18-17-12)9-13-6-11-4-5-20(13)10-14(11)15(22)19(2)3/h8,11,13-14,16H,4-7,9-10H2,1-3H3/p+2/t11-,13-,14+/m1/s1. The summed E-state index contributed by atoms with van der Waals surface area (Å²) < 4.78 is 1.99. The molecule has 2 bridgehead atoms. The molecule has 7 nitrogen and oxygen atoms in total. The van der Waals surface area contributed by atoms with Crippen molar-refractivity contribution in [3.63, 3.8) is 0 Å². The first-order chi connectivity index (χ1) is 10.6. The molecule has 0 aromatic carbocycles. The van der Waals surface area contributed by atoms with Gasteiger partial charge in [-0.1, -0.05) is 5.21 Å². The van der Waals surface area contributed by atoms with E-state index in [-0.39, 0.29) is 5.92 Å². The molecule has 3 fully saturated rings. The molecule has 1 aromatic heterocycles. The Kier molecular flexibility index (Phi) is 4.44. The van der Waals surface area contributed by atoms with Crippen molar-refractivity contribution in [1.29, 1.82) is 0 Å². The number of amides is 1. The van der Waals surface area contributed by atoms with Gasteiger partial charge in [-0.2, -0.15) is 0 Å². The molecular weight excluding hydrogens is 280 g/mol. The van der Waals surface area contributed by atoms with E-state index in [9.17, 15) is 4.79 Å². The summed E-state index contributed by atoms with van der Waals surface area (Å²) in [6.07, 6.45) is 4.38. The number of piperidine rings is 3. The Morgan fingerprint density at radius 3 is 3.00 bits per heavy atom.